The van der Waals surface area contributed by atoms with Crippen molar-refractivity contribution < 1.29 is 14.6 Å². The molecule has 160 valence electrons. The van der Waals surface area contributed by atoms with E-state index in [4.69, 9.17) is 27.9 Å². The number of hydrogen-bond donors (Lipinski definition) is 1. The van der Waals surface area contributed by atoms with Crippen LogP contribution in [0.25, 0.3) is 0 Å². The molecule has 0 radical (unpaired) electrons. The second-order valence-corrected chi connectivity index (χ2v) is 9.13. The molecule has 30 heavy (non-hydrogen) atoms. The number of fused-ring (bicyclic) bond motifs is 1. The molecule has 1 aliphatic carbocycles. The van der Waals surface area contributed by atoms with E-state index in [-0.39, 0.29) is 11.6 Å². The van der Waals surface area contributed by atoms with Gasteiger partial charge in [0.15, 0.2) is 0 Å². The van der Waals surface area contributed by atoms with Crippen molar-refractivity contribution in [2.45, 2.75) is 31.4 Å². The first-order chi connectivity index (χ1) is 14.4. The van der Waals surface area contributed by atoms with Gasteiger partial charge >= 0.3 is 6.09 Å². The van der Waals surface area contributed by atoms with Crippen LogP contribution in [0.3, 0.4) is 0 Å². The average molecular weight is 449 g/mol. The maximum atomic E-state index is 11.3. The summed E-state index contributed by atoms with van der Waals surface area (Å²) in [5.41, 5.74) is 3.47. The molecule has 1 aliphatic heterocycles. The Labute approximate surface area is 187 Å². The lowest BCUT2D eigenvalue weighted by Gasteiger charge is -2.45. The molecule has 0 saturated carbocycles. The van der Waals surface area contributed by atoms with Crippen LogP contribution in [0.1, 0.15) is 29.7 Å². The Morgan fingerprint density at radius 3 is 2.17 bits per heavy atom. The summed E-state index contributed by atoms with van der Waals surface area (Å²) in [4.78, 5) is 15.2. The van der Waals surface area contributed by atoms with E-state index in [1.807, 2.05) is 19.1 Å². The Morgan fingerprint density at radius 1 is 1.07 bits per heavy atom. The Kier molecular flexibility index (Phi) is 6.26. The first-order valence-electron chi connectivity index (χ1n) is 10.2. The lowest BCUT2D eigenvalue weighted by atomic mass is 9.93. The van der Waals surface area contributed by atoms with Crippen LogP contribution in [0.15, 0.2) is 42.5 Å². The highest BCUT2D eigenvalue weighted by atomic mass is 35.5. The van der Waals surface area contributed by atoms with Gasteiger partial charge in [-0.2, -0.15) is 0 Å². The normalized spacial score (nSPS) is 19.5. The van der Waals surface area contributed by atoms with Crippen LogP contribution in [0.4, 0.5) is 4.79 Å². The third-order valence-electron chi connectivity index (χ3n) is 6.33. The second kappa shape index (κ2) is 8.75. The van der Waals surface area contributed by atoms with Gasteiger partial charge in [-0.25, -0.2) is 4.79 Å². The van der Waals surface area contributed by atoms with E-state index >= 15 is 0 Å². The number of rotatable bonds is 5. The summed E-state index contributed by atoms with van der Waals surface area (Å²) in [5, 5.41) is 10.5. The van der Waals surface area contributed by atoms with E-state index < -0.39 is 6.09 Å². The molecule has 7 heteroatoms. The third kappa shape index (κ3) is 4.45. The van der Waals surface area contributed by atoms with E-state index in [1.165, 1.54) is 16.0 Å². The fraction of sp³-hybridized carbons (Fsp3) is 0.435. The van der Waals surface area contributed by atoms with E-state index in [9.17, 15) is 9.90 Å². The summed E-state index contributed by atoms with van der Waals surface area (Å²) in [7, 11) is 0. The SMILES string of the molecule is C[C@H](OCC1(N2CCN(C(=O)O)CC2)Cc2ccccc2C1)c1cc(Cl)cc(Cl)c1. The maximum Gasteiger partial charge on any atom is 0.407 e. The Morgan fingerprint density at radius 2 is 1.63 bits per heavy atom. The lowest BCUT2D eigenvalue weighted by Crippen LogP contribution is -2.60. The number of benzene rings is 2. The van der Waals surface area contributed by atoms with Crippen molar-refractivity contribution >= 4 is 29.3 Å². The highest BCUT2D eigenvalue weighted by Crippen LogP contribution is 2.37. The minimum absolute atomic E-state index is 0.151. The van der Waals surface area contributed by atoms with Crippen LogP contribution in [-0.2, 0) is 17.6 Å². The Balaban J connectivity index is 1.52. The van der Waals surface area contributed by atoms with Crippen LogP contribution >= 0.6 is 23.2 Å². The van der Waals surface area contributed by atoms with Crippen LogP contribution in [0, 0.1) is 0 Å². The number of carboxylic acid groups (broad SMARTS) is 1. The molecule has 0 spiro atoms. The monoisotopic (exact) mass is 448 g/mol. The van der Waals surface area contributed by atoms with Crippen molar-refractivity contribution in [2.24, 2.45) is 0 Å². The maximum absolute atomic E-state index is 11.3. The summed E-state index contributed by atoms with van der Waals surface area (Å²) in [6.45, 7) is 5.03. The average Bonchev–Trinajstić information content (AvgIpc) is 3.11. The van der Waals surface area contributed by atoms with Gasteiger partial charge in [-0.3, -0.25) is 4.90 Å². The molecule has 1 amide bonds. The van der Waals surface area contributed by atoms with Crippen molar-refractivity contribution in [3.8, 4) is 0 Å². The minimum Gasteiger partial charge on any atom is -0.465 e. The second-order valence-electron chi connectivity index (χ2n) is 8.26. The minimum atomic E-state index is -0.846. The molecular weight excluding hydrogens is 423 g/mol. The smallest absolute Gasteiger partial charge is 0.407 e. The number of halogens is 2. The molecule has 1 fully saturated rings. The zero-order valence-corrected chi connectivity index (χ0v) is 18.5. The first kappa shape index (κ1) is 21.4. The number of piperazine rings is 1. The van der Waals surface area contributed by atoms with Crippen LogP contribution in [-0.4, -0.2) is 59.3 Å². The summed E-state index contributed by atoms with van der Waals surface area (Å²) in [6, 6.07) is 14.0. The molecule has 1 heterocycles. The predicted octanol–water partition coefficient (Wildman–Crippen LogP) is 4.90. The first-order valence-corrected chi connectivity index (χ1v) is 11.0. The Hall–Kier alpha value is -1.79. The van der Waals surface area contributed by atoms with Gasteiger partial charge in [0, 0.05) is 36.2 Å². The van der Waals surface area contributed by atoms with Gasteiger partial charge in [0.25, 0.3) is 0 Å². The van der Waals surface area contributed by atoms with Crippen molar-refractivity contribution in [1.29, 1.82) is 0 Å². The van der Waals surface area contributed by atoms with Gasteiger partial charge in [-0.05, 0) is 54.7 Å². The van der Waals surface area contributed by atoms with Crippen molar-refractivity contribution in [2.75, 3.05) is 32.8 Å². The highest BCUT2D eigenvalue weighted by molar-refractivity contribution is 6.34. The fourth-order valence-electron chi connectivity index (χ4n) is 4.65. The molecule has 1 atom stereocenters. The van der Waals surface area contributed by atoms with Gasteiger partial charge in [0.2, 0.25) is 0 Å². The van der Waals surface area contributed by atoms with Gasteiger partial charge in [-0.1, -0.05) is 47.5 Å². The highest BCUT2D eigenvalue weighted by Gasteiger charge is 2.44. The van der Waals surface area contributed by atoms with E-state index in [0.717, 1.165) is 18.4 Å². The molecule has 1 saturated heterocycles. The largest absolute Gasteiger partial charge is 0.465 e. The summed E-state index contributed by atoms with van der Waals surface area (Å²) < 4.78 is 6.40. The zero-order chi connectivity index (χ0) is 21.3. The van der Waals surface area contributed by atoms with Gasteiger partial charge in [0.05, 0.1) is 18.2 Å². The van der Waals surface area contributed by atoms with Gasteiger partial charge < -0.3 is 14.7 Å². The number of nitrogens with zero attached hydrogens (tertiary/aromatic N) is 2. The van der Waals surface area contributed by atoms with Crippen molar-refractivity contribution in [3.63, 3.8) is 0 Å². The van der Waals surface area contributed by atoms with Gasteiger partial charge in [0.1, 0.15) is 0 Å². The molecule has 0 bridgehead atoms. The third-order valence-corrected chi connectivity index (χ3v) is 6.77. The predicted molar refractivity (Wildman–Crippen MR) is 119 cm³/mol. The molecule has 2 aliphatic rings. The molecule has 1 N–H and O–H groups in total. The van der Waals surface area contributed by atoms with Crippen molar-refractivity contribution in [3.05, 3.63) is 69.2 Å². The summed E-state index contributed by atoms with van der Waals surface area (Å²) >= 11 is 12.3. The molecular formula is C23H26Cl2N2O3. The number of amides is 1. The molecule has 2 aromatic rings. The van der Waals surface area contributed by atoms with Crippen molar-refractivity contribution in [1.82, 2.24) is 9.80 Å². The van der Waals surface area contributed by atoms with Crippen LogP contribution < -0.4 is 0 Å². The number of hydrogen-bond acceptors (Lipinski definition) is 3. The van der Waals surface area contributed by atoms with Crippen LogP contribution in [0.5, 0.6) is 0 Å². The molecule has 0 aromatic heterocycles. The molecule has 4 rings (SSSR count). The van der Waals surface area contributed by atoms with Crippen LogP contribution in [0.2, 0.25) is 10.0 Å². The van der Waals surface area contributed by atoms with E-state index in [0.29, 0.717) is 42.8 Å². The lowest BCUT2D eigenvalue weighted by molar-refractivity contribution is -0.0474. The standard InChI is InChI=1S/C23H26Cl2N2O3/c1-16(19-10-20(24)12-21(25)11-19)30-15-23(13-17-4-2-3-5-18(17)14-23)27-8-6-26(7-9-27)22(28)29/h2-5,10-12,16H,6-9,13-15H2,1H3,(H,28,29)/t16-/m0/s1. The molecule has 5 nitrogen and oxygen atoms in total. The zero-order valence-electron chi connectivity index (χ0n) is 17.0. The Bertz CT molecular complexity index is 883. The van der Waals surface area contributed by atoms with E-state index in [1.54, 1.807) is 6.07 Å². The van der Waals surface area contributed by atoms with Gasteiger partial charge in [-0.15, -0.1) is 0 Å². The molecule has 2 aromatic carbocycles. The summed E-state index contributed by atoms with van der Waals surface area (Å²) in [5.74, 6) is 0. The topological polar surface area (TPSA) is 53.0 Å². The summed E-state index contributed by atoms with van der Waals surface area (Å²) in [6.07, 6.45) is 0.807. The van der Waals surface area contributed by atoms with E-state index in [2.05, 4.69) is 29.2 Å². The number of carbonyl (C=O) groups is 1. The molecule has 0 unspecified atom stereocenters. The number of ether oxygens (including phenoxy) is 1. The fourth-order valence-corrected chi connectivity index (χ4v) is 5.19. The quantitative estimate of drug-likeness (QED) is 0.705.